The minimum atomic E-state index is -1.79. The maximum Gasteiger partial charge on any atom is 0.220 e. The first-order valence-corrected chi connectivity index (χ1v) is 40.0. The summed E-state index contributed by atoms with van der Waals surface area (Å²) in [6.45, 7) is 2.82. The van der Waals surface area contributed by atoms with Crippen molar-refractivity contribution in [3.8, 4) is 0 Å². The molecule has 556 valence electrons. The van der Waals surface area contributed by atoms with E-state index in [9.17, 15) is 45.6 Å². The fourth-order valence-electron chi connectivity index (χ4n) is 13.1. The highest BCUT2D eigenvalue weighted by Crippen LogP contribution is 2.30. The third-order valence-corrected chi connectivity index (χ3v) is 19.4. The van der Waals surface area contributed by atoms with Crippen molar-refractivity contribution in [3.63, 3.8) is 0 Å². The average Bonchev–Trinajstić information content (AvgIpc) is 0.801. The molecule has 12 unspecified atom stereocenters. The van der Waals surface area contributed by atoms with Crippen LogP contribution in [0.15, 0.2) is 60.8 Å². The summed E-state index contributed by atoms with van der Waals surface area (Å²) in [7, 11) is 0. The zero-order valence-electron chi connectivity index (χ0n) is 60.9. The number of aliphatic hydroxyl groups is 8. The lowest BCUT2D eigenvalue weighted by molar-refractivity contribution is -0.359. The average molecular weight is 1350 g/mol. The lowest BCUT2D eigenvalue weighted by Gasteiger charge is -2.46. The fraction of sp³-hybridized carbons (Fsp3) is 0.864. The Morgan fingerprint density at radius 3 is 1.11 bits per heavy atom. The second kappa shape index (κ2) is 65.0. The molecule has 14 heteroatoms. The topological polar surface area (TPSA) is 228 Å². The summed E-state index contributed by atoms with van der Waals surface area (Å²) in [5.74, 6) is -0.245. The molecule has 14 nitrogen and oxygen atoms in total. The Balaban J connectivity index is 1.64. The smallest absolute Gasteiger partial charge is 0.220 e. The predicted molar refractivity (Wildman–Crippen MR) is 392 cm³/mol. The van der Waals surface area contributed by atoms with E-state index in [1.807, 2.05) is 6.08 Å². The third kappa shape index (κ3) is 48.2. The number of carbonyl (C=O) groups is 1. The van der Waals surface area contributed by atoms with Crippen LogP contribution in [-0.4, -0.2) is 140 Å². The number of hydrogen-bond acceptors (Lipinski definition) is 13. The maximum atomic E-state index is 13.4. The molecule has 0 bridgehead atoms. The molecule has 2 rings (SSSR count). The van der Waals surface area contributed by atoms with Crippen molar-refractivity contribution < 1.29 is 64.6 Å². The summed E-state index contributed by atoms with van der Waals surface area (Å²) in [6.07, 6.45) is 71.6. The van der Waals surface area contributed by atoms with Crippen molar-refractivity contribution in [3.05, 3.63) is 60.8 Å². The zero-order chi connectivity index (χ0) is 68.7. The first-order chi connectivity index (χ1) is 46.6. The molecule has 0 saturated carbocycles. The second-order valence-corrected chi connectivity index (χ2v) is 28.2. The van der Waals surface area contributed by atoms with E-state index in [2.05, 4.69) is 67.8 Å². The largest absolute Gasteiger partial charge is 0.394 e. The van der Waals surface area contributed by atoms with Gasteiger partial charge in [-0.15, -0.1) is 0 Å². The van der Waals surface area contributed by atoms with Crippen molar-refractivity contribution >= 4 is 5.91 Å². The fourth-order valence-corrected chi connectivity index (χ4v) is 13.1. The SMILES string of the molecule is CCCCCCC/C=C\C/C=C\C/C=C\CCCCCCCCCCCCCCCCCCC(=O)NC(COC1OC(CO)C(OC2OC(CO)C(O)C(O)C2O)C(O)C1O)C(O)/C=C/CC/C=C/CCCCCCCCCCCCCCCCCCCCCCCCCC. The molecule has 2 saturated heterocycles. The molecule has 0 aromatic carbocycles. The Hall–Kier alpha value is -2.31. The molecule has 2 fully saturated rings. The first kappa shape index (κ1) is 88.8. The Bertz CT molecular complexity index is 1830. The van der Waals surface area contributed by atoms with Gasteiger partial charge in [0.1, 0.15) is 48.8 Å². The Labute approximate surface area is 581 Å². The van der Waals surface area contributed by atoms with Gasteiger partial charge in [-0.05, 0) is 70.6 Å². The Kier molecular flexibility index (Phi) is 60.8. The van der Waals surface area contributed by atoms with E-state index < -0.39 is 86.8 Å². The number of carbonyl (C=O) groups excluding carboxylic acids is 1. The summed E-state index contributed by atoms with van der Waals surface area (Å²) in [5, 5.41) is 87.6. The molecule has 1 amide bonds. The van der Waals surface area contributed by atoms with Crippen LogP contribution in [0.3, 0.4) is 0 Å². The Morgan fingerprint density at radius 1 is 0.379 bits per heavy atom. The van der Waals surface area contributed by atoms with Crippen LogP contribution < -0.4 is 5.32 Å². The molecule has 0 aromatic rings. The van der Waals surface area contributed by atoms with Crippen LogP contribution >= 0.6 is 0 Å². The molecular weight excluding hydrogens is 1190 g/mol. The van der Waals surface area contributed by atoms with Crippen LogP contribution in [0.5, 0.6) is 0 Å². The van der Waals surface area contributed by atoms with E-state index in [0.29, 0.717) is 12.8 Å². The summed E-state index contributed by atoms with van der Waals surface area (Å²) in [4.78, 5) is 13.4. The van der Waals surface area contributed by atoms with E-state index >= 15 is 0 Å². The van der Waals surface area contributed by atoms with Gasteiger partial charge in [0.25, 0.3) is 0 Å². The van der Waals surface area contributed by atoms with Gasteiger partial charge in [-0.25, -0.2) is 0 Å². The first-order valence-electron chi connectivity index (χ1n) is 40.0. The molecule has 0 spiro atoms. The maximum absolute atomic E-state index is 13.4. The molecule has 0 aromatic heterocycles. The number of amides is 1. The monoisotopic (exact) mass is 1340 g/mol. The van der Waals surface area contributed by atoms with Crippen LogP contribution in [0.2, 0.25) is 0 Å². The second-order valence-electron chi connectivity index (χ2n) is 28.2. The number of hydrogen-bond donors (Lipinski definition) is 9. The highest BCUT2D eigenvalue weighted by atomic mass is 16.7. The molecule has 0 radical (unpaired) electrons. The number of nitrogens with one attached hydrogen (secondary N) is 1. The quantitative estimate of drug-likeness (QED) is 0.0204. The number of aliphatic hydroxyl groups excluding tert-OH is 8. The minimum Gasteiger partial charge on any atom is -0.394 e. The molecule has 2 aliphatic heterocycles. The lowest BCUT2D eigenvalue weighted by atomic mass is 9.97. The van der Waals surface area contributed by atoms with E-state index in [1.165, 1.54) is 276 Å². The van der Waals surface area contributed by atoms with Gasteiger partial charge in [-0.2, -0.15) is 0 Å². The zero-order valence-corrected chi connectivity index (χ0v) is 60.9. The van der Waals surface area contributed by atoms with Gasteiger partial charge in [-0.1, -0.05) is 338 Å². The predicted octanol–water partition coefficient (Wildman–Crippen LogP) is 18.0. The summed E-state index contributed by atoms with van der Waals surface area (Å²) < 4.78 is 22.9. The highest BCUT2D eigenvalue weighted by Gasteiger charge is 2.51. The van der Waals surface area contributed by atoms with Crippen LogP contribution in [-0.2, 0) is 23.7 Å². The van der Waals surface area contributed by atoms with Crippen LogP contribution in [0.1, 0.15) is 354 Å². The van der Waals surface area contributed by atoms with E-state index in [-0.39, 0.29) is 18.9 Å². The summed E-state index contributed by atoms with van der Waals surface area (Å²) in [6, 6.07) is -0.935. The highest BCUT2D eigenvalue weighted by molar-refractivity contribution is 5.76. The molecular formula is C81H149NO13. The van der Waals surface area contributed by atoms with E-state index in [0.717, 1.165) is 44.9 Å². The van der Waals surface area contributed by atoms with Gasteiger partial charge < -0.3 is 65.1 Å². The molecule has 12 atom stereocenters. The van der Waals surface area contributed by atoms with Gasteiger partial charge in [0.15, 0.2) is 12.6 Å². The number of allylic oxidation sites excluding steroid dienone is 9. The van der Waals surface area contributed by atoms with Crippen LogP contribution in [0, 0.1) is 0 Å². The summed E-state index contributed by atoms with van der Waals surface area (Å²) >= 11 is 0. The van der Waals surface area contributed by atoms with Gasteiger partial charge in [0.05, 0.1) is 32.0 Å². The van der Waals surface area contributed by atoms with E-state index in [4.69, 9.17) is 18.9 Å². The van der Waals surface area contributed by atoms with E-state index in [1.54, 1.807) is 6.08 Å². The van der Waals surface area contributed by atoms with Crippen LogP contribution in [0.4, 0.5) is 0 Å². The molecule has 2 heterocycles. The lowest BCUT2D eigenvalue weighted by Crippen LogP contribution is -2.65. The Morgan fingerprint density at radius 2 is 0.705 bits per heavy atom. The number of rotatable bonds is 67. The normalized spacial score (nSPS) is 22.6. The summed E-state index contributed by atoms with van der Waals surface area (Å²) in [5.41, 5.74) is 0. The molecule has 9 N–H and O–H groups in total. The third-order valence-electron chi connectivity index (χ3n) is 19.4. The minimum absolute atomic E-state index is 0.245. The molecule has 2 aliphatic rings. The molecule has 0 aliphatic carbocycles. The molecule has 95 heavy (non-hydrogen) atoms. The standard InChI is InChI=1S/C81H149NO13/c1-3-5-7-9-11-13-15-17-19-21-23-25-27-29-31-33-35-37-39-41-43-45-47-49-51-53-55-57-59-61-63-65-73(86)82-69(68-92-80-78(91)76(89)79(72(67-84)94-80)95-81-77(90)75(88)74(87)71(66-83)93-81)70(85)64-62-60-58-56-54-52-50-48-46-44-42-40-38-36-34-32-30-28-26-24-22-20-18-16-14-12-10-8-6-4-2/h15,17,21,23,27,29,54,56,62,64,69-72,74-81,83-85,87-91H,3-14,16,18-20,22,24-26,28,30-53,55,57-61,63,65-68H2,1-2H3,(H,82,86)/b17-15-,23-21-,29-27-,56-54+,64-62+. The van der Waals surface area contributed by atoms with Crippen molar-refractivity contribution in [2.45, 2.75) is 428 Å². The van der Waals surface area contributed by atoms with Gasteiger partial charge >= 0.3 is 0 Å². The van der Waals surface area contributed by atoms with Crippen molar-refractivity contribution in [2.75, 3.05) is 19.8 Å². The van der Waals surface area contributed by atoms with Crippen molar-refractivity contribution in [1.82, 2.24) is 5.32 Å². The number of ether oxygens (including phenoxy) is 4. The number of unbranched alkanes of at least 4 members (excludes halogenated alkanes) is 46. The van der Waals surface area contributed by atoms with Crippen LogP contribution in [0.25, 0.3) is 0 Å². The van der Waals surface area contributed by atoms with Gasteiger partial charge in [0, 0.05) is 6.42 Å². The van der Waals surface area contributed by atoms with Crippen molar-refractivity contribution in [2.24, 2.45) is 0 Å². The van der Waals surface area contributed by atoms with Gasteiger partial charge in [0.2, 0.25) is 5.91 Å². The van der Waals surface area contributed by atoms with Gasteiger partial charge in [-0.3, -0.25) is 4.79 Å². The van der Waals surface area contributed by atoms with Crippen molar-refractivity contribution in [1.29, 1.82) is 0 Å².